The van der Waals surface area contributed by atoms with Gasteiger partial charge in [-0.05, 0) is 30.9 Å². The van der Waals surface area contributed by atoms with Crippen LogP contribution in [0.3, 0.4) is 0 Å². The van der Waals surface area contributed by atoms with Crippen LogP contribution in [0.4, 0.5) is 5.69 Å². The van der Waals surface area contributed by atoms with Gasteiger partial charge in [-0.1, -0.05) is 18.2 Å². The molecule has 0 unspecified atom stereocenters. The van der Waals surface area contributed by atoms with Crippen molar-refractivity contribution in [2.45, 2.75) is 25.3 Å². The molecular formula is C14H18N2O. The molecule has 0 aliphatic carbocycles. The zero-order valence-electron chi connectivity index (χ0n) is 10.0. The van der Waals surface area contributed by atoms with Crippen LogP contribution in [0.15, 0.2) is 24.3 Å². The summed E-state index contributed by atoms with van der Waals surface area (Å²) in [6, 6.07) is 9.33. The lowest BCUT2D eigenvalue weighted by molar-refractivity contribution is -0.119. The van der Waals surface area contributed by atoms with Crippen LogP contribution in [0.1, 0.15) is 18.4 Å². The number of nitrogens with zero attached hydrogens (tertiary/aromatic N) is 2. The van der Waals surface area contributed by atoms with E-state index in [0.29, 0.717) is 6.04 Å². The Bertz CT molecular complexity index is 410. The van der Waals surface area contributed by atoms with Gasteiger partial charge in [0.25, 0.3) is 0 Å². The van der Waals surface area contributed by atoms with Gasteiger partial charge in [-0.3, -0.25) is 4.79 Å². The van der Waals surface area contributed by atoms with E-state index >= 15 is 0 Å². The van der Waals surface area contributed by atoms with Crippen LogP contribution in [-0.2, 0) is 11.2 Å². The van der Waals surface area contributed by atoms with Crippen LogP contribution < -0.4 is 4.90 Å². The number of fused-ring (bicyclic) bond motifs is 1. The first kappa shape index (κ1) is 10.6. The highest BCUT2D eigenvalue weighted by Gasteiger charge is 2.28. The van der Waals surface area contributed by atoms with Gasteiger partial charge >= 0.3 is 0 Å². The lowest BCUT2D eigenvalue weighted by atomic mass is 10.0. The van der Waals surface area contributed by atoms with E-state index in [1.165, 1.54) is 17.7 Å². The van der Waals surface area contributed by atoms with E-state index in [0.717, 1.165) is 38.9 Å². The molecule has 0 bridgehead atoms. The van der Waals surface area contributed by atoms with Crippen molar-refractivity contribution in [1.29, 1.82) is 0 Å². The quantitative estimate of drug-likeness (QED) is 0.722. The minimum atomic E-state index is 0.620. The van der Waals surface area contributed by atoms with E-state index in [4.69, 9.17) is 0 Å². The molecule has 2 aliphatic heterocycles. The molecule has 3 rings (SSSR count). The van der Waals surface area contributed by atoms with Crippen LogP contribution >= 0.6 is 0 Å². The number of likely N-dealkylation sites (tertiary alicyclic amines) is 1. The predicted molar refractivity (Wildman–Crippen MR) is 68.2 cm³/mol. The van der Waals surface area contributed by atoms with E-state index in [9.17, 15) is 4.79 Å². The van der Waals surface area contributed by atoms with Crippen molar-refractivity contribution in [2.24, 2.45) is 0 Å². The minimum Gasteiger partial charge on any atom is -0.368 e. The molecule has 1 aromatic carbocycles. The van der Waals surface area contributed by atoms with Crippen LogP contribution in [0, 0.1) is 0 Å². The highest BCUT2D eigenvalue weighted by atomic mass is 16.1. The van der Waals surface area contributed by atoms with Crippen molar-refractivity contribution in [3.05, 3.63) is 29.8 Å². The van der Waals surface area contributed by atoms with Crippen LogP contribution in [0.2, 0.25) is 0 Å². The zero-order chi connectivity index (χ0) is 11.7. The summed E-state index contributed by atoms with van der Waals surface area (Å²) in [4.78, 5) is 15.1. The molecular weight excluding hydrogens is 212 g/mol. The minimum absolute atomic E-state index is 0.620. The number of piperidine rings is 1. The van der Waals surface area contributed by atoms with Crippen molar-refractivity contribution < 1.29 is 4.79 Å². The second kappa shape index (κ2) is 4.40. The van der Waals surface area contributed by atoms with E-state index in [2.05, 4.69) is 29.2 Å². The molecule has 17 heavy (non-hydrogen) atoms. The smallest absolute Gasteiger partial charge is 0.209 e. The topological polar surface area (TPSA) is 23.6 Å². The van der Waals surface area contributed by atoms with E-state index in [1.807, 2.05) is 4.90 Å². The first-order chi connectivity index (χ1) is 8.38. The van der Waals surface area contributed by atoms with Crippen LogP contribution in [0.25, 0.3) is 0 Å². The molecule has 1 saturated heterocycles. The highest BCUT2D eigenvalue weighted by molar-refractivity contribution is 5.58. The molecule has 1 amide bonds. The average Bonchev–Trinajstić information content (AvgIpc) is 2.83. The Labute approximate surface area is 102 Å². The predicted octanol–water partition coefficient (Wildman–Crippen LogP) is 1.67. The third kappa shape index (κ3) is 1.90. The van der Waals surface area contributed by atoms with Gasteiger partial charge in [0.15, 0.2) is 0 Å². The second-order valence-corrected chi connectivity index (χ2v) is 4.94. The number of hydrogen-bond donors (Lipinski definition) is 0. The Morgan fingerprint density at radius 1 is 1.12 bits per heavy atom. The summed E-state index contributed by atoms with van der Waals surface area (Å²) in [7, 11) is 0. The van der Waals surface area contributed by atoms with E-state index < -0.39 is 0 Å². The van der Waals surface area contributed by atoms with Gasteiger partial charge in [-0.2, -0.15) is 0 Å². The number of anilines is 1. The number of rotatable bonds is 2. The molecule has 2 heterocycles. The summed E-state index contributed by atoms with van der Waals surface area (Å²) in [5.74, 6) is 0. The fourth-order valence-electron chi connectivity index (χ4n) is 3.05. The number of para-hydroxylation sites is 1. The number of hydrogen-bond acceptors (Lipinski definition) is 2. The van der Waals surface area contributed by atoms with Gasteiger partial charge in [0.2, 0.25) is 6.41 Å². The SMILES string of the molecule is O=CN1CCC(N2CCc3ccccc32)CC1. The van der Waals surface area contributed by atoms with Crippen molar-refractivity contribution in [3.8, 4) is 0 Å². The van der Waals surface area contributed by atoms with Crippen molar-refractivity contribution in [1.82, 2.24) is 4.90 Å². The molecule has 1 fully saturated rings. The van der Waals surface area contributed by atoms with Crippen LogP contribution in [-0.4, -0.2) is 37.0 Å². The standard InChI is InChI=1S/C14H18N2O/c17-11-15-8-6-13(7-9-15)16-10-5-12-3-1-2-4-14(12)16/h1-4,11,13H,5-10H2. The molecule has 90 valence electrons. The maximum Gasteiger partial charge on any atom is 0.209 e. The van der Waals surface area contributed by atoms with Gasteiger partial charge in [0.05, 0.1) is 0 Å². The largest absolute Gasteiger partial charge is 0.368 e. The molecule has 3 heteroatoms. The number of carbonyl (C=O) groups excluding carboxylic acids is 1. The monoisotopic (exact) mass is 230 g/mol. The summed E-state index contributed by atoms with van der Waals surface area (Å²) >= 11 is 0. The normalized spacial score (nSPS) is 20.5. The van der Waals surface area contributed by atoms with Gasteiger partial charge in [0, 0.05) is 31.4 Å². The van der Waals surface area contributed by atoms with E-state index in [-0.39, 0.29) is 0 Å². The second-order valence-electron chi connectivity index (χ2n) is 4.94. The maximum absolute atomic E-state index is 10.7. The Balaban J connectivity index is 1.73. The molecule has 2 aliphatic rings. The van der Waals surface area contributed by atoms with Gasteiger partial charge in [-0.15, -0.1) is 0 Å². The fourth-order valence-corrected chi connectivity index (χ4v) is 3.05. The number of benzene rings is 1. The Kier molecular flexibility index (Phi) is 2.75. The number of amides is 1. The molecule has 0 spiro atoms. The van der Waals surface area contributed by atoms with Gasteiger partial charge in [0.1, 0.15) is 0 Å². The Morgan fingerprint density at radius 3 is 2.65 bits per heavy atom. The van der Waals surface area contributed by atoms with Gasteiger partial charge < -0.3 is 9.80 Å². The lowest BCUT2D eigenvalue weighted by Gasteiger charge is -2.36. The van der Waals surface area contributed by atoms with Crippen molar-refractivity contribution in [2.75, 3.05) is 24.5 Å². The summed E-state index contributed by atoms with van der Waals surface area (Å²) in [5, 5.41) is 0. The van der Waals surface area contributed by atoms with Crippen molar-refractivity contribution >= 4 is 12.1 Å². The molecule has 0 aromatic heterocycles. The van der Waals surface area contributed by atoms with Gasteiger partial charge in [-0.25, -0.2) is 0 Å². The van der Waals surface area contributed by atoms with Crippen LogP contribution in [0.5, 0.6) is 0 Å². The lowest BCUT2D eigenvalue weighted by Crippen LogP contribution is -2.43. The molecule has 0 saturated carbocycles. The maximum atomic E-state index is 10.7. The first-order valence-corrected chi connectivity index (χ1v) is 6.42. The Hall–Kier alpha value is -1.51. The summed E-state index contributed by atoms with van der Waals surface area (Å²) in [5.41, 5.74) is 2.89. The summed E-state index contributed by atoms with van der Waals surface area (Å²) in [6.07, 6.45) is 4.36. The molecule has 0 N–H and O–H groups in total. The highest BCUT2D eigenvalue weighted by Crippen LogP contribution is 2.32. The summed E-state index contributed by atoms with van der Waals surface area (Å²) in [6.45, 7) is 2.96. The van der Waals surface area contributed by atoms with E-state index in [1.54, 1.807) is 0 Å². The average molecular weight is 230 g/mol. The first-order valence-electron chi connectivity index (χ1n) is 6.42. The molecule has 1 aromatic rings. The third-order valence-corrected chi connectivity index (χ3v) is 4.01. The zero-order valence-corrected chi connectivity index (χ0v) is 10.0. The Morgan fingerprint density at radius 2 is 1.88 bits per heavy atom. The fraction of sp³-hybridized carbons (Fsp3) is 0.500. The molecule has 0 atom stereocenters. The number of carbonyl (C=O) groups is 1. The molecule has 3 nitrogen and oxygen atoms in total. The summed E-state index contributed by atoms with van der Waals surface area (Å²) < 4.78 is 0. The van der Waals surface area contributed by atoms with Crippen molar-refractivity contribution in [3.63, 3.8) is 0 Å². The third-order valence-electron chi connectivity index (χ3n) is 4.01. The molecule has 0 radical (unpaired) electrons.